The molecule has 0 N–H and O–H groups in total. The minimum Gasteiger partial charge on any atom is -0.370 e. The molecule has 0 unspecified atom stereocenters. The summed E-state index contributed by atoms with van der Waals surface area (Å²) in [4.78, 5) is 17.0. The van der Waals surface area contributed by atoms with Gasteiger partial charge in [0.2, 0.25) is 5.91 Å². The first kappa shape index (κ1) is 16.3. The maximum Gasteiger partial charge on any atom is 0.225 e. The monoisotopic (exact) mass is 336 g/mol. The van der Waals surface area contributed by atoms with E-state index in [0.717, 1.165) is 57.5 Å². The van der Waals surface area contributed by atoms with E-state index in [0.29, 0.717) is 10.8 Å². The zero-order valence-electron chi connectivity index (χ0n) is 13.6. The van der Waals surface area contributed by atoms with Gasteiger partial charge in [0.15, 0.2) is 9.84 Å². The van der Waals surface area contributed by atoms with Crippen LogP contribution in [0.15, 0.2) is 29.2 Å². The van der Waals surface area contributed by atoms with Gasteiger partial charge >= 0.3 is 0 Å². The Morgan fingerprint density at radius 1 is 1.04 bits per heavy atom. The number of rotatable bonds is 3. The lowest BCUT2D eigenvalue weighted by Gasteiger charge is -2.35. The van der Waals surface area contributed by atoms with E-state index in [2.05, 4.69) is 4.90 Å². The van der Waals surface area contributed by atoms with Crippen molar-refractivity contribution in [3.8, 4) is 0 Å². The third-order valence-electron chi connectivity index (χ3n) is 4.87. The number of carbonyl (C=O) groups is 1. The van der Waals surface area contributed by atoms with Crippen LogP contribution in [0, 0.1) is 5.92 Å². The molecule has 2 heterocycles. The van der Waals surface area contributed by atoms with Crippen molar-refractivity contribution in [1.82, 2.24) is 4.90 Å². The molecule has 23 heavy (non-hydrogen) atoms. The van der Waals surface area contributed by atoms with Gasteiger partial charge in [-0.25, -0.2) is 8.42 Å². The van der Waals surface area contributed by atoms with Gasteiger partial charge in [-0.15, -0.1) is 0 Å². The summed E-state index contributed by atoms with van der Waals surface area (Å²) >= 11 is 0. The number of nitrogens with zero attached hydrogens (tertiary/aromatic N) is 2. The van der Waals surface area contributed by atoms with Crippen LogP contribution in [0.2, 0.25) is 0 Å². The zero-order valence-corrected chi connectivity index (χ0v) is 14.4. The van der Waals surface area contributed by atoms with Gasteiger partial charge in [0.1, 0.15) is 0 Å². The van der Waals surface area contributed by atoms with Crippen LogP contribution in [0.5, 0.6) is 0 Å². The van der Waals surface area contributed by atoms with Crippen LogP contribution in [0.25, 0.3) is 0 Å². The Kier molecular flexibility index (Phi) is 4.62. The van der Waals surface area contributed by atoms with Gasteiger partial charge in [-0.05, 0) is 37.8 Å². The first-order chi connectivity index (χ1) is 11.0. The summed E-state index contributed by atoms with van der Waals surface area (Å²) in [6.07, 6.45) is 5.08. The molecule has 0 bridgehead atoms. The molecule has 0 spiro atoms. The lowest BCUT2D eigenvalue weighted by Crippen LogP contribution is -2.42. The van der Waals surface area contributed by atoms with Crippen LogP contribution in [-0.4, -0.2) is 51.7 Å². The summed E-state index contributed by atoms with van der Waals surface area (Å²) in [6, 6.07) is 7.14. The van der Waals surface area contributed by atoms with E-state index in [1.807, 2.05) is 17.0 Å². The third-order valence-corrected chi connectivity index (χ3v) is 6.01. The largest absolute Gasteiger partial charge is 0.370 e. The number of hydrogen-bond donors (Lipinski definition) is 0. The number of carbonyl (C=O) groups excluding carboxylic acids is 1. The predicted octanol–water partition coefficient (Wildman–Crippen LogP) is 1.93. The summed E-state index contributed by atoms with van der Waals surface area (Å²) < 4.78 is 23.9. The fourth-order valence-corrected chi connectivity index (χ4v) is 4.50. The highest BCUT2D eigenvalue weighted by Gasteiger charge is 2.30. The molecular weight excluding hydrogens is 312 g/mol. The second kappa shape index (κ2) is 6.51. The van der Waals surface area contributed by atoms with Crippen molar-refractivity contribution in [2.75, 3.05) is 37.3 Å². The Labute approximate surface area is 138 Å². The van der Waals surface area contributed by atoms with Gasteiger partial charge in [-0.1, -0.05) is 12.1 Å². The molecule has 1 aromatic carbocycles. The molecule has 5 nitrogen and oxygen atoms in total. The zero-order chi connectivity index (χ0) is 16.4. The fraction of sp³-hybridized carbons (Fsp3) is 0.588. The van der Waals surface area contributed by atoms with Gasteiger partial charge in [-0.3, -0.25) is 4.79 Å². The molecule has 0 aliphatic carbocycles. The molecule has 1 aromatic rings. The van der Waals surface area contributed by atoms with Crippen molar-refractivity contribution in [1.29, 1.82) is 0 Å². The topological polar surface area (TPSA) is 57.7 Å². The van der Waals surface area contributed by atoms with Crippen LogP contribution >= 0.6 is 0 Å². The Hall–Kier alpha value is -1.56. The molecule has 2 aliphatic rings. The van der Waals surface area contributed by atoms with E-state index in [4.69, 9.17) is 0 Å². The first-order valence-corrected chi connectivity index (χ1v) is 10.2. The Morgan fingerprint density at radius 3 is 2.26 bits per heavy atom. The van der Waals surface area contributed by atoms with Crippen molar-refractivity contribution < 1.29 is 13.2 Å². The van der Waals surface area contributed by atoms with Crippen LogP contribution in [-0.2, 0) is 14.6 Å². The second-order valence-electron chi connectivity index (χ2n) is 6.53. The predicted molar refractivity (Wildman–Crippen MR) is 90.3 cm³/mol. The average Bonchev–Trinajstić information content (AvgIpc) is 3.08. The number of sulfone groups is 1. The molecular formula is C17H24N2O3S. The smallest absolute Gasteiger partial charge is 0.225 e. The van der Waals surface area contributed by atoms with Crippen molar-refractivity contribution in [3.05, 3.63) is 24.3 Å². The molecule has 2 fully saturated rings. The number of likely N-dealkylation sites (tertiary alicyclic amines) is 1. The highest BCUT2D eigenvalue weighted by molar-refractivity contribution is 7.90. The molecule has 126 valence electrons. The SMILES string of the molecule is CS(=O)(=O)c1ccccc1N1CCC(C(=O)N2CCCC2)CC1. The summed E-state index contributed by atoms with van der Waals surface area (Å²) in [5.74, 6) is 0.383. The van der Waals surface area contributed by atoms with Crippen molar-refractivity contribution in [2.45, 2.75) is 30.6 Å². The van der Waals surface area contributed by atoms with Crippen molar-refractivity contribution >= 4 is 21.4 Å². The standard InChI is InChI=1S/C17H24N2O3S/c1-23(21,22)16-7-3-2-6-15(16)18-12-8-14(9-13-18)17(20)19-10-4-5-11-19/h2-3,6-7,14H,4-5,8-13H2,1H3. The number of hydrogen-bond acceptors (Lipinski definition) is 4. The van der Waals surface area contributed by atoms with Crippen LogP contribution in [0.4, 0.5) is 5.69 Å². The number of para-hydroxylation sites is 1. The maximum absolute atomic E-state index is 12.5. The lowest BCUT2D eigenvalue weighted by atomic mass is 9.95. The second-order valence-corrected chi connectivity index (χ2v) is 8.52. The number of anilines is 1. The summed E-state index contributed by atoms with van der Waals surface area (Å²) in [5, 5.41) is 0. The van der Waals surface area contributed by atoms with Crippen molar-refractivity contribution in [2.24, 2.45) is 5.92 Å². The van der Waals surface area contributed by atoms with Gasteiger partial charge in [-0.2, -0.15) is 0 Å². The molecule has 0 aromatic heterocycles. The quantitative estimate of drug-likeness (QED) is 0.846. The normalized spacial score (nSPS) is 20.0. The van der Waals surface area contributed by atoms with E-state index in [1.54, 1.807) is 12.1 Å². The number of piperidine rings is 1. The lowest BCUT2D eigenvalue weighted by molar-refractivity contribution is -0.135. The fourth-order valence-electron chi connectivity index (χ4n) is 3.60. The summed E-state index contributed by atoms with van der Waals surface area (Å²) in [6.45, 7) is 3.26. The average molecular weight is 336 g/mol. The molecule has 2 aliphatic heterocycles. The van der Waals surface area contributed by atoms with Crippen LogP contribution in [0.1, 0.15) is 25.7 Å². The highest BCUT2D eigenvalue weighted by atomic mass is 32.2. The van der Waals surface area contributed by atoms with Crippen LogP contribution < -0.4 is 4.90 Å². The van der Waals surface area contributed by atoms with E-state index in [1.165, 1.54) is 6.26 Å². The van der Waals surface area contributed by atoms with Gasteiger partial charge in [0, 0.05) is 38.4 Å². The first-order valence-electron chi connectivity index (χ1n) is 8.29. The van der Waals surface area contributed by atoms with E-state index >= 15 is 0 Å². The minimum atomic E-state index is -3.24. The van der Waals surface area contributed by atoms with Crippen molar-refractivity contribution in [3.63, 3.8) is 0 Å². The molecule has 6 heteroatoms. The molecule has 0 saturated carbocycles. The Balaban J connectivity index is 1.69. The van der Waals surface area contributed by atoms with Gasteiger partial charge in [0.25, 0.3) is 0 Å². The van der Waals surface area contributed by atoms with E-state index in [9.17, 15) is 13.2 Å². The highest BCUT2D eigenvalue weighted by Crippen LogP contribution is 2.30. The third kappa shape index (κ3) is 3.52. The van der Waals surface area contributed by atoms with Crippen LogP contribution in [0.3, 0.4) is 0 Å². The van der Waals surface area contributed by atoms with E-state index in [-0.39, 0.29) is 5.92 Å². The Bertz CT molecular complexity index is 673. The van der Waals surface area contributed by atoms with E-state index < -0.39 is 9.84 Å². The molecule has 2 saturated heterocycles. The molecule has 3 rings (SSSR count). The molecule has 0 radical (unpaired) electrons. The summed E-state index contributed by atoms with van der Waals surface area (Å²) in [5.41, 5.74) is 0.766. The summed E-state index contributed by atoms with van der Waals surface area (Å²) in [7, 11) is -3.24. The van der Waals surface area contributed by atoms with Gasteiger partial charge in [0.05, 0.1) is 10.6 Å². The minimum absolute atomic E-state index is 0.0924. The Morgan fingerprint density at radius 2 is 1.65 bits per heavy atom. The maximum atomic E-state index is 12.5. The van der Waals surface area contributed by atoms with Gasteiger partial charge < -0.3 is 9.80 Å². The number of amides is 1. The molecule has 1 amide bonds. The number of benzene rings is 1. The molecule has 0 atom stereocenters.